The summed E-state index contributed by atoms with van der Waals surface area (Å²) in [5.74, 6) is 0. The lowest BCUT2D eigenvalue weighted by atomic mass is 9.74. The maximum atomic E-state index is 6.06. The summed E-state index contributed by atoms with van der Waals surface area (Å²) in [7, 11) is 0. The predicted molar refractivity (Wildman–Crippen MR) is 54.9 cm³/mol. The molecule has 0 heterocycles. The Labute approximate surface area is 76.7 Å². The van der Waals surface area contributed by atoms with Crippen LogP contribution in [-0.4, -0.2) is 12.1 Å². The van der Waals surface area contributed by atoms with E-state index in [1.807, 2.05) is 0 Å². The van der Waals surface area contributed by atoms with Crippen LogP contribution in [0.25, 0.3) is 0 Å². The van der Waals surface area contributed by atoms with E-state index in [2.05, 4.69) is 41.5 Å². The van der Waals surface area contributed by atoms with E-state index < -0.39 is 0 Å². The third kappa shape index (κ3) is 3.11. The van der Waals surface area contributed by atoms with E-state index in [1.165, 1.54) is 0 Å². The highest BCUT2D eigenvalue weighted by Gasteiger charge is 2.33. The van der Waals surface area contributed by atoms with Gasteiger partial charge in [0.1, 0.15) is 0 Å². The lowest BCUT2D eigenvalue weighted by Crippen LogP contribution is -2.55. The van der Waals surface area contributed by atoms with Crippen LogP contribution in [0.15, 0.2) is 0 Å². The van der Waals surface area contributed by atoms with Crippen molar-refractivity contribution in [2.45, 2.75) is 53.6 Å². The van der Waals surface area contributed by atoms with Crippen molar-refractivity contribution < 1.29 is 0 Å². The van der Waals surface area contributed by atoms with Crippen molar-refractivity contribution in [3.05, 3.63) is 0 Å². The molecule has 0 bridgehead atoms. The maximum Gasteiger partial charge on any atom is 0.0246 e. The van der Waals surface area contributed by atoms with Gasteiger partial charge >= 0.3 is 0 Å². The zero-order valence-corrected chi connectivity index (χ0v) is 9.31. The molecule has 0 rings (SSSR count). The predicted octanol–water partition coefficient (Wildman–Crippen LogP) is 1.73. The van der Waals surface area contributed by atoms with Gasteiger partial charge in [0.15, 0.2) is 0 Å². The zero-order chi connectivity index (χ0) is 10.2. The molecule has 0 aliphatic rings. The fourth-order valence-corrected chi connectivity index (χ4v) is 1.08. The minimum atomic E-state index is 0.0532. The summed E-state index contributed by atoms with van der Waals surface area (Å²) in [6.45, 7) is 12.8. The van der Waals surface area contributed by atoms with Crippen molar-refractivity contribution >= 4 is 0 Å². The van der Waals surface area contributed by atoms with Gasteiger partial charge in [0.25, 0.3) is 0 Å². The van der Waals surface area contributed by atoms with Gasteiger partial charge < -0.3 is 11.5 Å². The molecule has 74 valence electrons. The highest BCUT2D eigenvalue weighted by molar-refractivity contribution is 4.92. The first-order valence-corrected chi connectivity index (χ1v) is 4.58. The highest BCUT2D eigenvalue weighted by Crippen LogP contribution is 2.27. The third-order valence-electron chi connectivity index (χ3n) is 2.39. The van der Waals surface area contributed by atoms with Gasteiger partial charge in [-0.3, -0.25) is 0 Å². The number of hydrogen-bond acceptors (Lipinski definition) is 2. The Bertz CT molecular complexity index is 121. The second kappa shape index (κ2) is 3.35. The molecule has 0 aromatic heterocycles. The van der Waals surface area contributed by atoms with Gasteiger partial charge in [0, 0.05) is 12.1 Å². The van der Waals surface area contributed by atoms with Gasteiger partial charge in [0.2, 0.25) is 0 Å². The normalized spacial score (nSPS) is 19.0. The fourth-order valence-electron chi connectivity index (χ4n) is 1.08. The van der Waals surface area contributed by atoms with E-state index in [1.54, 1.807) is 0 Å². The number of hydrogen-bond donors (Lipinski definition) is 2. The summed E-state index contributed by atoms with van der Waals surface area (Å²) < 4.78 is 0. The molecule has 0 aliphatic heterocycles. The molecule has 0 saturated heterocycles. The van der Waals surface area contributed by atoms with Crippen molar-refractivity contribution in [1.82, 2.24) is 0 Å². The molecule has 0 fully saturated rings. The molecular weight excluding hydrogens is 148 g/mol. The molecule has 2 nitrogen and oxygen atoms in total. The molecule has 0 aromatic carbocycles. The van der Waals surface area contributed by atoms with Gasteiger partial charge in [-0.25, -0.2) is 0 Å². The Morgan fingerprint density at radius 1 is 0.667 bits per heavy atom. The van der Waals surface area contributed by atoms with Gasteiger partial charge in [-0.1, -0.05) is 41.5 Å². The topological polar surface area (TPSA) is 52.0 Å². The van der Waals surface area contributed by atoms with E-state index in [4.69, 9.17) is 11.5 Å². The SMILES string of the molecule is CC(C)(C)[C@H](N)[C@@H](N)C(C)(C)C. The molecule has 0 aliphatic carbocycles. The lowest BCUT2D eigenvalue weighted by molar-refractivity contribution is 0.192. The smallest absolute Gasteiger partial charge is 0.0246 e. The Morgan fingerprint density at radius 3 is 0.917 bits per heavy atom. The molecule has 0 unspecified atom stereocenters. The molecule has 0 amide bonds. The number of rotatable bonds is 1. The van der Waals surface area contributed by atoms with E-state index in [9.17, 15) is 0 Å². The van der Waals surface area contributed by atoms with Crippen LogP contribution in [0.3, 0.4) is 0 Å². The molecular formula is C10H24N2. The summed E-state index contributed by atoms with van der Waals surface area (Å²) in [5.41, 5.74) is 12.3. The van der Waals surface area contributed by atoms with Gasteiger partial charge in [-0.2, -0.15) is 0 Å². The quantitative estimate of drug-likeness (QED) is 0.633. The Morgan fingerprint density at radius 2 is 0.833 bits per heavy atom. The van der Waals surface area contributed by atoms with Crippen molar-refractivity contribution in [3.63, 3.8) is 0 Å². The van der Waals surface area contributed by atoms with Crippen LogP contribution in [-0.2, 0) is 0 Å². The van der Waals surface area contributed by atoms with Crippen LogP contribution in [0.5, 0.6) is 0 Å². The van der Waals surface area contributed by atoms with Crippen molar-refractivity contribution in [2.24, 2.45) is 22.3 Å². The van der Waals surface area contributed by atoms with Crippen LogP contribution < -0.4 is 11.5 Å². The Balaban J connectivity index is 4.41. The average molecular weight is 172 g/mol. The van der Waals surface area contributed by atoms with Crippen LogP contribution in [0.4, 0.5) is 0 Å². The third-order valence-corrected chi connectivity index (χ3v) is 2.39. The molecule has 0 aromatic rings. The first kappa shape index (κ1) is 11.9. The van der Waals surface area contributed by atoms with E-state index in [-0.39, 0.29) is 22.9 Å². The minimum absolute atomic E-state index is 0.0532. The summed E-state index contributed by atoms with van der Waals surface area (Å²) in [6.07, 6.45) is 0. The summed E-state index contributed by atoms with van der Waals surface area (Å²) in [4.78, 5) is 0. The molecule has 0 radical (unpaired) electrons. The molecule has 0 saturated carbocycles. The Kier molecular flexibility index (Phi) is 3.32. The zero-order valence-electron chi connectivity index (χ0n) is 9.31. The second-order valence-electron chi connectivity index (χ2n) is 5.78. The van der Waals surface area contributed by atoms with Gasteiger partial charge in [-0.05, 0) is 10.8 Å². The van der Waals surface area contributed by atoms with Gasteiger partial charge in [-0.15, -0.1) is 0 Å². The second-order valence-corrected chi connectivity index (χ2v) is 5.78. The summed E-state index contributed by atoms with van der Waals surface area (Å²) in [6, 6.07) is 0.106. The first-order valence-electron chi connectivity index (χ1n) is 4.58. The largest absolute Gasteiger partial charge is 0.326 e. The lowest BCUT2D eigenvalue weighted by Gasteiger charge is -2.39. The summed E-state index contributed by atoms with van der Waals surface area (Å²) in [5, 5.41) is 0. The van der Waals surface area contributed by atoms with Crippen molar-refractivity contribution in [3.8, 4) is 0 Å². The van der Waals surface area contributed by atoms with E-state index >= 15 is 0 Å². The average Bonchev–Trinajstić information content (AvgIpc) is 1.80. The van der Waals surface area contributed by atoms with Crippen molar-refractivity contribution in [1.29, 1.82) is 0 Å². The van der Waals surface area contributed by atoms with E-state index in [0.29, 0.717) is 0 Å². The molecule has 12 heavy (non-hydrogen) atoms. The molecule has 0 spiro atoms. The number of nitrogens with two attached hydrogens (primary N) is 2. The molecule has 4 N–H and O–H groups in total. The minimum Gasteiger partial charge on any atom is -0.326 e. The highest BCUT2D eigenvalue weighted by atomic mass is 14.8. The monoisotopic (exact) mass is 172 g/mol. The van der Waals surface area contributed by atoms with Crippen LogP contribution in [0.1, 0.15) is 41.5 Å². The summed E-state index contributed by atoms with van der Waals surface area (Å²) >= 11 is 0. The first-order chi connectivity index (χ1) is 5.07. The standard InChI is InChI=1S/C10H24N2/c1-9(2,3)7(11)8(12)10(4,5)6/h7-8H,11-12H2,1-6H3/t7-,8-/m1/s1. The molecule has 2 atom stereocenters. The Hall–Kier alpha value is -0.0800. The van der Waals surface area contributed by atoms with Crippen LogP contribution in [0.2, 0.25) is 0 Å². The van der Waals surface area contributed by atoms with E-state index in [0.717, 1.165) is 0 Å². The maximum absolute atomic E-state index is 6.06. The van der Waals surface area contributed by atoms with Crippen LogP contribution in [0, 0.1) is 10.8 Å². The van der Waals surface area contributed by atoms with Gasteiger partial charge in [0.05, 0.1) is 0 Å². The van der Waals surface area contributed by atoms with Crippen LogP contribution >= 0.6 is 0 Å². The molecule has 2 heteroatoms. The fraction of sp³-hybridized carbons (Fsp3) is 1.00. The van der Waals surface area contributed by atoms with Crippen molar-refractivity contribution in [2.75, 3.05) is 0 Å².